The number of hydrogen-bond acceptors (Lipinski definition) is 4. The number of hydrogen-bond donors (Lipinski definition) is 1. The smallest absolute Gasteiger partial charge is 0.102 e. The first-order valence-corrected chi connectivity index (χ1v) is 13.9. The lowest BCUT2D eigenvalue weighted by Gasteiger charge is -2.36. The number of fused-ring (bicyclic) bond motifs is 6. The summed E-state index contributed by atoms with van der Waals surface area (Å²) in [6.45, 7) is 3.77. The van der Waals surface area contributed by atoms with Gasteiger partial charge in [0, 0.05) is 40.6 Å². The first-order chi connectivity index (χ1) is 18.6. The molecule has 0 saturated carbocycles. The molecular weight excluding hydrogens is 468 g/mol. The van der Waals surface area contributed by atoms with Crippen molar-refractivity contribution in [3.8, 4) is 0 Å². The SMILES string of the molecule is Cc1ccc2c(N)c3c(nc2c1)CC1C=C(CCCCn2cc(Cn4ccc5ccccc54)nn2)CC3C1. The molecule has 0 aliphatic heterocycles. The quantitative estimate of drug-likeness (QED) is 0.202. The van der Waals surface area contributed by atoms with Gasteiger partial charge < -0.3 is 10.3 Å². The fourth-order valence-corrected chi connectivity index (χ4v) is 6.71. The zero-order valence-corrected chi connectivity index (χ0v) is 22.0. The zero-order chi connectivity index (χ0) is 25.6. The number of para-hydroxylation sites is 1. The fraction of sp³-hybridized carbons (Fsp3) is 0.344. The second-order valence-corrected chi connectivity index (χ2v) is 11.3. The highest BCUT2D eigenvalue weighted by Gasteiger charge is 2.33. The number of nitrogens with zero attached hydrogens (tertiary/aromatic N) is 5. The third-order valence-corrected chi connectivity index (χ3v) is 8.46. The first kappa shape index (κ1) is 23.2. The minimum absolute atomic E-state index is 0.504. The van der Waals surface area contributed by atoms with Crippen molar-refractivity contribution >= 4 is 27.5 Å². The first-order valence-electron chi connectivity index (χ1n) is 13.9. The number of aromatic nitrogens is 5. The van der Waals surface area contributed by atoms with Crippen molar-refractivity contribution in [2.24, 2.45) is 5.92 Å². The zero-order valence-electron chi connectivity index (χ0n) is 22.0. The molecule has 0 amide bonds. The second kappa shape index (κ2) is 9.43. The molecule has 0 fully saturated rings. The van der Waals surface area contributed by atoms with Gasteiger partial charge in [0.05, 0.1) is 18.3 Å². The number of rotatable bonds is 7. The summed E-state index contributed by atoms with van der Waals surface area (Å²) in [7, 11) is 0. The van der Waals surface area contributed by atoms with Crippen LogP contribution in [-0.2, 0) is 19.5 Å². The summed E-state index contributed by atoms with van der Waals surface area (Å²) in [6, 6.07) is 17.1. The number of unbranched alkanes of at least 4 members (excludes halogenated alkanes) is 1. The highest BCUT2D eigenvalue weighted by atomic mass is 15.4. The van der Waals surface area contributed by atoms with Gasteiger partial charge >= 0.3 is 0 Å². The maximum Gasteiger partial charge on any atom is 0.102 e. The third-order valence-electron chi connectivity index (χ3n) is 8.46. The van der Waals surface area contributed by atoms with Crippen molar-refractivity contribution in [1.82, 2.24) is 24.5 Å². The summed E-state index contributed by atoms with van der Waals surface area (Å²) in [5, 5.41) is 11.2. The number of nitrogen functional groups attached to an aromatic ring is 1. The lowest BCUT2D eigenvalue weighted by molar-refractivity contribution is 0.424. The van der Waals surface area contributed by atoms with Gasteiger partial charge in [-0.1, -0.05) is 47.2 Å². The minimum Gasteiger partial charge on any atom is -0.398 e. The lowest BCUT2D eigenvalue weighted by Crippen LogP contribution is -2.24. The number of anilines is 1. The van der Waals surface area contributed by atoms with Crippen molar-refractivity contribution in [1.29, 1.82) is 0 Å². The topological polar surface area (TPSA) is 74.5 Å². The van der Waals surface area contributed by atoms with Crippen LogP contribution in [0.2, 0.25) is 0 Å². The van der Waals surface area contributed by atoms with Gasteiger partial charge in [-0.15, -0.1) is 5.10 Å². The van der Waals surface area contributed by atoms with Crippen LogP contribution in [-0.4, -0.2) is 24.5 Å². The molecular formula is C32H34N6. The van der Waals surface area contributed by atoms with Crippen LogP contribution in [0.3, 0.4) is 0 Å². The molecule has 2 atom stereocenters. The van der Waals surface area contributed by atoms with Crippen LogP contribution in [0.4, 0.5) is 5.69 Å². The Bertz CT molecular complexity index is 1670. The van der Waals surface area contributed by atoms with Gasteiger partial charge in [-0.05, 0) is 86.4 Å². The van der Waals surface area contributed by atoms with E-state index < -0.39 is 0 Å². The lowest BCUT2D eigenvalue weighted by atomic mass is 9.70. The molecule has 2 aliphatic carbocycles. The van der Waals surface area contributed by atoms with Crippen LogP contribution in [0, 0.1) is 12.8 Å². The number of benzene rings is 2. The molecule has 0 saturated heterocycles. The molecule has 2 bridgehead atoms. The van der Waals surface area contributed by atoms with Crippen molar-refractivity contribution in [3.05, 3.63) is 95.1 Å². The van der Waals surface area contributed by atoms with Gasteiger partial charge in [-0.25, -0.2) is 0 Å². The Morgan fingerprint density at radius 1 is 1.05 bits per heavy atom. The van der Waals surface area contributed by atoms with Gasteiger partial charge in [0.2, 0.25) is 0 Å². The molecule has 6 heteroatoms. The summed E-state index contributed by atoms with van der Waals surface area (Å²) in [5.41, 5.74) is 16.4. The van der Waals surface area contributed by atoms with Crippen LogP contribution >= 0.6 is 0 Å². The van der Waals surface area contributed by atoms with Gasteiger partial charge in [0.1, 0.15) is 5.69 Å². The van der Waals surface area contributed by atoms with E-state index in [1.54, 1.807) is 5.57 Å². The van der Waals surface area contributed by atoms with E-state index in [1.165, 1.54) is 40.6 Å². The van der Waals surface area contributed by atoms with E-state index in [2.05, 4.69) is 88.8 Å². The van der Waals surface area contributed by atoms with E-state index in [9.17, 15) is 0 Å². The molecule has 2 N–H and O–H groups in total. The molecule has 0 spiro atoms. The van der Waals surface area contributed by atoms with Gasteiger partial charge in [0.15, 0.2) is 0 Å². The highest BCUT2D eigenvalue weighted by molar-refractivity contribution is 5.93. The minimum atomic E-state index is 0.504. The maximum absolute atomic E-state index is 6.75. The van der Waals surface area contributed by atoms with Crippen molar-refractivity contribution in [3.63, 3.8) is 0 Å². The van der Waals surface area contributed by atoms with E-state index in [0.717, 1.165) is 61.1 Å². The molecule has 38 heavy (non-hydrogen) atoms. The van der Waals surface area contributed by atoms with Crippen LogP contribution in [0.1, 0.15) is 60.5 Å². The largest absolute Gasteiger partial charge is 0.398 e. The maximum atomic E-state index is 6.75. The van der Waals surface area contributed by atoms with Crippen molar-refractivity contribution in [2.75, 3.05) is 5.73 Å². The van der Waals surface area contributed by atoms with Crippen LogP contribution in [0.25, 0.3) is 21.8 Å². The Morgan fingerprint density at radius 3 is 2.92 bits per heavy atom. The van der Waals surface area contributed by atoms with Crippen molar-refractivity contribution < 1.29 is 0 Å². The molecule has 6 nitrogen and oxygen atoms in total. The van der Waals surface area contributed by atoms with Crippen LogP contribution in [0.5, 0.6) is 0 Å². The molecule has 2 aliphatic rings. The van der Waals surface area contributed by atoms with Gasteiger partial charge in [-0.3, -0.25) is 9.67 Å². The molecule has 3 aromatic heterocycles. The number of allylic oxidation sites excluding steroid dienone is 2. The Morgan fingerprint density at radius 2 is 1.97 bits per heavy atom. The molecule has 0 radical (unpaired) electrons. The molecule has 2 unspecified atom stereocenters. The summed E-state index contributed by atoms with van der Waals surface area (Å²) >= 11 is 0. The van der Waals surface area contributed by atoms with Crippen LogP contribution in [0.15, 0.2) is 72.6 Å². The summed E-state index contributed by atoms with van der Waals surface area (Å²) in [5.74, 6) is 1.10. The number of pyridine rings is 1. The standard InChI is InChI=1S/C32H34N6/c1-21-9-10-27-28(14-21)34-29-18-23-15-22(16-25(17-23)31(29)32(27)33)6-4-5-12-38-20-26(35-36-38)19-37-13-11-24-7-2-3-8-30(24)37/h2-3,7-11,13-15,20,23,25H,4-6,12,16-19H2,1H3,(H2,33,34). The Balaban J connectivity index is 0.964. The van der Waals surface area contributed by atoms with E-state index in [1.807, 2.05) is 4.68 Å². The Hall–Kier alpha value is -3.93. The summed E-state index contributed by atoms with van der Waals surface area (Å²) in [4.78, 5) is 5.07. The number of nitrogens with two attached hydrogens (primary N) is 1. The monoisotopic (exact) mass is 502 g/mol. The molecule has 192 valence electrons. The van der Waals surface area contributed by atoms with E-state index >= 15 is 0 Å². The van der Waals surface area contributed by atoms with Gasteiger partial charge in [0.25, 0.3) is 0 Å². The van der Waals surface area contributed by atoms with E-state index in [-0.39, 0.29) is 0 Å². The predicted molar refractivity (Wildman–Crippen MR) is 153 cm³/mol. The average molecular weight is 503 g/mol. The highest BCUT2D eigenvalue weighted by Crippen LogP contribution is 2.47. The Labute approximate surface area is 223 Å². The fourth-order valence-electron chi connectivity index (χ4n) is 6.71. The van der Waals surface area contributed by atoms with E-state index in [0.29, 0.717) is 11.8 Å². The second-order valence-electron chi connectivity index (χ2n) is 11.3. The van der Waals surface area contributed by atoms with Crippen molar-refractivity contribution in [2.45, 2.75) is 64.5 Å². The average Bonchev–Trinajstić information content (AvgIpc) is 3.53. The number of aryl methyl sites for hydroxylation is 2. The van der Waals surface area contributed by atoms with Gasteiger partial charge in [-0.2, -0.15) is 0 Å². The van der Waals surface area contributed by atoms with E-state index in [4.69, 9.17) is 10.7 Å². The molecule has 7 rings (SSSR count). The summed E-state index contributed by atoms with van der Waals surface area (Å²) < 4.78 is 4.24. The predicted octanol–water partition coefficient (Wildman–Crippen LogP) is 6.57. The Kier molecular flexibility index (Phi) is 5.76. The molecule has 3 heterocycles. The molecule has 2 aromatic carbocycles. The molecule has 5 aromatic rings. The third kappa shape index (κ3) is 4.28. The summed E-state index contributed by atoms with van der Waals surface area (Å²) in [6.07, 6.45) is 13.5. The normalized spacial score (nSPS) is 18.6. The van der Waals surface area contributed by atoms with Crippen LogP contribution < -0.4 is 5.73 Å².